The zero-order valence-electron chi connectivity index (χ0n) is 10.2. The fraction of sp³-hybridized carbons (Fsp3) is 0.462. The van der Waals surface area contributed by atoms with Gasteiger partial charge in [-0.05, 0) is 46.2 Å². The van der Waals surface area contributed by atoms with Crippen molar-refractivity contribution >= 4 is 28.6 Å². The Labute approximate surface area is 116 Å². The lowest BCUT2D eigenvalue weighted by Gasteiger charge is -2.22. The topological polar surface area (TPSA) is 40.5 Å². The molecule has 0 bridgehead atoms. The van der Waals surface area contributed by atoms with E-state index >= 15 is 0 Å². The van der Waals surface area contributed by atoms with Gasteiger partial charge < -0.3 is 5.11 Å². The van der Waals surface area contributed by atoms with Crippen LogP contribution in [0.1, 0.15) is 19.4 Å². The Morgan fingerprint density at radius 2 is 1.94 bits per heavy atom. The van der Waals surface area contributed by atoms with Crippen molar-refractivity contribution in [1.82, 2.24) is 4.90 Å². The first kappa shape index (κ1) is 14.4. The summed E-state index contributed by atoms with van der Waals surface area (Å²) >= 11 is 2.26. The van der Waals surface area contributed by atoms with Crippen LogP contribution in [-0.4, -0.2) is 29.1 Å². The molecular weight excluding hydrogens is 329 g/mol. The quantitative estimate of drug-likeness (QED) is 0.805. The molecule has 1 rings (SSSR count). The van der Waals surface area contributed by atoms with Crippen LogP contribution in [0.5, 0.6) is 0 Å². The van der Waals surface area contributed by atoms with Gasteiger partial charge in [-0.2, -0.15) is 0 Å². The largest absolute Gasteiger partial charge is 0.480 e. The Balaban J connectivity index is 2.64. The van der Waals surface area contributed by atoms with Gasteiger partial charge in [0, 0.05) is 16.7 Å². The number of benzene rings is 1. The van der Waals surface area contributed by atoms with Crippen molar-refractivity contribution in [2.24, 2.45) is 5.92 Å². The number of nitrogens with zero attached hydrogens (tertiary/aromatic N) is 1. The average molecular weight is 347 g/mol. The molecule has 0 aliphatic carbocycles. The Hall–Kier alpha value is -0.620. The van der Waals surface area contributed by atoms with E-state index in [-0.39, 0.29) is 6.54 Å². The average Bonchev–Trinajstić information content (AvgIpc) is 2.19. The Bertz CT molecular complexity index is 362. The van der Waals surface area contributed by atoms with E-state index in [4.69, 9.17) is 5.11 Å². The standard InChI is InChI=1S/C13H18INO2/c1-10(2)7-15(9-13(16)17)8-11-3-5-12(14)6-4-11/h3-6,10H,7-9H2,1-2H3,(H,16,17). The van der Waals surface area contributed by atoms with Crippen molar-refractivity contribution in [3.63, 3.8) is 0 Å². The minimum absolute atomic E-state index is 0.101. The zero-order valence-corrected chi connectivity index (χ0v) is 12.3. The third-order valence-electron chi connectivity index (χ3n) is 2.30. The summed E-state index contributed by atoms with van der Waals surface area (Å²) in [5, 5.41) is 8.88. The molecule has 0 aromatic heterocycles. The molecule has 4 heteroatoms. The van der Waals surface area contributed by atoms with E-state index in [0.29, 0.717) is 12.5 Å². The minimum Gasteiger partial charge on any atom is -0.480 e. The summed E-state index contributed by atoms with van der Waals surface area (Å²) in [4.78, 5) is 12.8. The fourth-order valence-corrected chi connectivity index (χ4v) is 2.10. The van der Waals surface area contributed by atoms with Crippen LogP contribution in [-0.2, 0) is 11.3 Å². The van der Waals surface area contributed by atoms with Crippen LogP contribution in [0.15, 0.2) is 24.3 Å². The third kappa shape index (κ3) is 6.02. The lowest BCUT2D eigenvalue weighted by atomic mass is 10.1. The van der Waals surface area contributed by atoms with Crippen LogP contribution in [0.2, 0.25) is 0 Å². The second-order valence-corrected chi connectivity index (χ2v) is 5.83. The molecule has 94 valence electrons. The summed E-state index contributed by atoms with van der Waals surface area (Å²) in [6.45, 7) is 5.80. The van der Waals surface area contributed by atoms with Crippen molar-refractivity contribution in [2.45, 2.75) is 20.4 Å². The summed E-state index contributed by atoms with van der Waals surface area (Å²) in [5.74, 6) is -0.297. The van der Waals surface area contributed by atoms with Crippen molar-refractivity contribution in [3.8, 4) is 0 Å². The molecule has 0 fully saturated rings. The second kappa shape index (κ2) is 6.96. The summed E-state index contributed by atoms with van der Waals surface area (Å²) in [7, 11) is 0. The lowest BCUT2D eigenvalue weighted by molar-refractivity contribution is -0.138. The van der Waals surface area contributed by atoms with Crippen LogP contribution in [0.4, 0.5) is 0 Å². The van der Waals surface area contributed by atoms with Crippen molar-refractivity contribution in [3.05, 3.63) is 33.4 Å². The summed E-state index contributed by atoms with van der Waals surface area (Å²) in [6, 6.07) is 8.20. The van der Waals surface area contributed by atoms with E-state index in [9.17, 15) is 4.79 Å². The number of carboxylic acids is 1. The normalized spacial score (nSPS) is 11.1. The molecule has 1 aromatic rings. The number of aliphatic carboxylic acids is 1. The van der Waals surface area contributed by atoms with Gasteiger partial charge in [0.2, 0.25) is 0 Å². The zero-order chi connectivity index (χ0) is 12.8. The predicted octanol–water partition coefficient (Wildman–Crippen LogP) is 2.83. The summed E-state index contributed by atoms with van der Waals surface area (Å²) < 4.78 is 1.19. The van der Waals surface area contributed by atoms with Crippen molar-refractivity contribution < 1.29 is 9.90 Å². The van der Waals surface area contributed by atoms with E-state index in [0.717, 1.165) is 12.1 Å². The van der Waals surface area contributed by atoms with Gasteiger partial charge in [-0.1, -0.05) is 26.0 Å². The molecule has 0 unspecified atom stereocenters. The SMILES string of the molecule is CC(C)CN(CC(=O)O)Cc1ccc(I)cc1. The van der Waals surface area contributed by atoms with Gasteiger partial charge in [-0.25, -0.2) is 0 Å². The highest BCUT2D eigenvalue weighted by Crippen LogP contribution is 2.10. The van der Waals surface area contributed by atoms with Crippen LogP contribution in [0.25, 0.3) is 0 Å². The number of carboxylic acid groups (broad SMARTS) is 1. The van der Waals surface area contributed by atoms with Gasteiger partial charge in [0.1, 0.15) is 0 Å². The highest BCUT2D eigenvalue weighted by atomic mass is 127. The number of carbonyl (C=O) groups is 1. The molecule has 0 amide bonds. The van der Waals surface area contributed by atoms with Crippen LogP contribution >= 0.6 is 22.6 Å². The fourth-order valence-electron chi connectivity index (χ4n) is 1.74. The maximum absolute atomic E-state index is 10.8. The molecule has 17 heavy (non-hydrogen) atoms. The minimum atomic E-state index is -0.767. The van der Waals surface area contributed by atoms with Gasteiger partial charge >= 0.3 is 5.97 Å². The van der Waals surface area contributed by atoms with Crippen molar-refractivity contribution in [1.29, 1.82) is 0 Å². The maximum Gasteiger partial charge on any atom is 0.317 e. The van der Waals surface area contributed by atoms with Gasteiger partial charge in [0.05, 0.1) is 6.54 Å². The van der Waals surface area contributed by atoms with Gasteiger partial charge in [-0.3, -0.25) is 9.69 Å². The Morgan fingerprint density at radius 1 is 1.35 bits per heavy atom. The van der Waals surface area contributed by atoms with E-state index in [1.165, 1.54) is 3.57 Å². The first-order valence-electron chi connectivity index (χ1n) is 5.66. The monoisotopic (exact) mass is 347 g/mol. The molecule has 0 saturated heterocycles. The Morgan fingerprint density at radius 3 is 2.41 bits per heavy atom. The van der Waals surface area contributed by atoms with E-state index in [1.54, 1.807) is 0 Å². The maximum atomic E-state index is 10.8. The molecule has 3 nitrogen and oxygen atoms in total. The van der Waals surface area contributed by atoms with Gasteiger partial charge in [-0.15, -0.1) is 0 Å². The molecule has 0 radical (unpaired) electrons. The number of hydrogen-bond donors (Lipinski definition) is 1. The van der Waals surface area contributed by atoms with Gasteiger partial charge in [0.15, 0.2) is 0 Å². The molecular formula is C13H18INO2. The smallest absolute Gasteiger partial charge is 0.317 e. The van der Waals surface area contributed by atoms with Crippen LogP contribution < -0.4 is 0 Å². The number of hydrogen-bond acceptors (Lipinski definition) is 2. The second-order valence-electron chi connectivity index (χ2n) is 4.58. The number of rotatable bonds is 6. The van der Waals surface area contributed by atoms with E-state index in [2.05, 4.69) is 48.6 Å². The van der Waals surface area contributed by atoms with E-state index in [1.807, 2.05) is 17.0 Å². The number of halogens is 1. The first-order valence-corrected chi connectivity index (χ1v) is 6.74. The molecule has 0 saturated carbocycles. The predicted molar refractivity (Wildman–Crippen MR) is 76.9 cm³/mol. The molecule has 0 aliphatic heterocycles. The highest BCUT2D eigenvalue weighted by molar-refractivity contribution is 14.1. The Kier molecular flexibility index (Phi) is 5.91. The van der Waals surface area contributed by atoms with Crippen LogP contribution in [0.3, 0.4) is 0 Å². The molecule has 0 atom stereocenters. The molecule has 1 aromatic carbocycles. The van der Waals surface area contributed by atoms with Crippen LogP contribution in [0, 0.1) is 9.49 Å². The third-order valence-corrected chi connectivity index (χ3v) is 3.02. The molecule has 0 heterocycles. The molecule has 0 aliphatic rings. The highest BCUT2D eigenvalue weighted by Gasteiger charge is 2.11. The molecule has 1 N–H and O–H groups in total. The van der Waals surface area contributed by atoms with E-state index < -0.39 is 5.97 Å². The van der Waals surface area contributed by atoms with Crippen molar-refractivity contribution in [2.75, 3.05) is 13.1 Å². The summed E-state index contributed by atoms with van der Waals surface area (Å²) in [6.07, 6.45) is 0. The first-order chi connectivity index (χ1) is 7.97. The molecule has 0 spiro atoms. The van der Waals surface area contributed by atoms with Gasteiger partial charge in [0.25, 0.3) is 0 Å². The summed E-state index contributed by atoms with van der Waals surface area (Å²) in [5.41, 5.74) is 1.16. The lowest BCUT2D eigenvalue weighted by Crippen LogP contribution is -2.32.